The third-order valence-corrected chi connectivity index (χ3v) is 5.52. The van der Waals surface area contributed by atoms with Gasteiger partial charge in [-0.15, -0.1) is 0 Å². The third-order valence-electron chi connectivity index (χ3n) is 5.52. The average Bonchev–Trinajstić information content (AvgIpc) is 2.86. The molecular formula is C25H27N5O5. The van der Waals surface area contributed by atoms with E-state index in [0.717, 1.165) is 25.3 Å². The molecule has 0 spiro atoms. The molecule has 0 aliphatic carbocycles. The molecule has 1 fully saturated rings. The van der Waals surface area contributed by atoms with Crippen LogP contribution in [0, 0.1) is 10.1 Å². The van der Waals surface area contributed by atoms with E-state index in [1.807, 2.05) is 30.3 Å². The molecule has 4 rings (SSSR count). The first kappa shape index (κ1) is 24.1. The Hall–Kier alpha value is -4.02. The van der Waals surface area contributed by atoms with Gasteiger partial charge in [0.1, 0.15) is 29.7 Å². The van der Waals surface area contributed by atoms with Gasteiger partial charge in [0, 0.05) is 25.3 Å². The van der Waals surface area contributed by atoms with Gasteiger partial charge < -0.3 is 20.1 Å². The van der Waals surface area contributed by atoms with E-state index in [2.05, 4.69) is 20.5 Å². The van der Waals surface area contributed by atoms with Crippen LogP contribution >= 0.6 is 0 Å². The van der Waals surface area contributed by atoms with Gasteiger partial charge in [0.25, 0.3) is 5.69 Å². The van der Waals surface area contributed by atoms with E-state index in [-0.39, 0.29) is 17.2 Å². The normalized spacial score (nSPS) is 13.7. The zero-order valence-electron chi connectivity index (χ0n) is 19.4. The molecule has 0 amide bonds. The summed E-state index contributed by atoms with van der Waals surface area (Å²) in [6.07, 6.45) is 0. The number of nitrogens with zero attached hydrogens (tertiary/aromatic N) is 3. The molecular weight excluding hydrogens is 450 g/mol. The number of ketones is 1. The Kier molecular flexibility index (Phi) is 7.86. The van der Waals surface area contributed by atoms with Gasteiger partial charge in [0.15, 0.2) is 5.78 Å². The molecule has 3 aromatic rings. The molecule has 0 radical (unpaired) electrons. The van der Waals surface area contributed by atoms with Gasteiger partial charge in [-0.25, -0.2) is 4.98 Å². The Morgan fingerprint density at radius 1 is 1.11 bits per heavy atom. The number of benzene rings is 2. The maximum Gasteiger partial charge on any atom is 0.296 e. The van der Waals surface area contributed by atoms with Crippen LogP contribution in [0.1, 0.15) is 17.3 Å². The van der Waals surface area contributed by atoms with Crippen LogP contribution in [0.15, 0.2) is 60.7 Å². The maximum atomic E-state index is 12.1. The monoisotopic (exact) mass is 477 g/mol. The molecule has 2 heterocycles. The third kappa shape index (κ3) is 6.52. The molecule has 182 valence electrons. The zero-order valence-corrected chi connectivity index (χ0v) is 19.4. The summed E-state index contributed by atoms with van der Waals surface area (Å²) in [7, 11) is 0. The second kappa shape index (κ2) is 11.4. The fourth-order valence-corrected chi connectivity index (χ4v) is 3.68. The van der Waals surface area contributed by atoms with Crippen LogP contribution in [0.3, 0.4) is 0 Å². The maximum absolute atomic E-state index is 12.1. The summed E-state index contributed by atoms with van der Waals surface area (Å²) in [5.74, 6) is 0.991. The molecule has 2 aromatic carbocycles. The highest BCUT2D eigenvalue weighted by molar-refractivity contribution is 5.99. The minimum Gasteiger partial charge on any atom is -0.492 e. The number of nitro groups is 1. The quantitative estimate of drug-likeness (QED) is 0.249. The minimum atomic E-state index is -0.468. The van der Waals surface area contributed by atoms with Crippen molar-refractivity contribution >= 4 is 34.5 Å². The number of anilines is 4. The van der Waals surface area contributed by atoms with Crippen molar-refractivity contribution in [1.82, 2.24) is 9.88 Å². The molecule has 0 bridgehead atoms. The molecule has 10 nitrogen and oxygen atoms in total. The highest BCUT2D eigenvalue weighted by Crippen LogP contribution is 2.32. The summed E-state index contributed by atoms with van der Waals surface area (Å²) in [5.41, 5.74) is 1.32. The number of rotatable bonds is 10. The first-order valence-corrected chi connectivity index (χ1v) is 11.3. The van der Waals surface area contributed by atoms with E-state index in [1.165, 1.54) is 13.0 Å². The van der Waals surface area contributed by atoms with E-state index >= 15 is 0 Å². The van der Waals surface area contributed by atoms with E-state index in [9.17, 15) is 14.9 Å². The lowest BCUT2D eigenvalue weighted by Crippen LogP contribution is -2.38. The summed E-state index contributed by atoms with van der Waals surface area (Å²) in [5, 5.41) is 17.9. The van der Waals surface area contributed by atoms with Crippen molar-refractivity contribution in [2.24, 2.45) is 0 Å². The Labute approximate surface area is 203 Å². The van der Waals surface area contributed by atoms with E-state index in [0.29, 0.717) is 42.8 Å². The van der Waals surface area contributed by atoms with E-state index in [1.54, 1.807) is 24.3 Å². The number of ether oxygens (including phenoxy) is 2. The molecule has 35 heavy (non-hydrogen) atoms. The van der Waals surface area contributed by atoms with Crippen molar-refractivity contribution in [3.8, 4) is 5.75 Å². The van der Waals surface area contributed by atoms with Crippen molar-refractivity contribution < 1.29 is 19.2 Å². The van der Waals surface area contributed by atoms with Crippen LogP contribution in [0.25, 0.3) is 0 Å². The Morgan fingerprint density at radius 3 is 2.60 bits per heavy atom. The summed E-state index contributed by atoms with van der Waals surface area (Å²) in [6, 6.07) is 17.3. The van der Waals surface area contributed by atoms with Gasteiger partial charge in [0.2, 0.25) is 0 Å². The lowest BCUT2D eigenvalue weighted by Gasteiger charge is -2.26. The fraction of sp³-hybridized carbons (Fsp3) is 0.280. The Balaban J connectivity index is 1.49. The van der Waals surface area contributed by atoms with Crippen LogP contribution in [0.5, 0.6) is 5.75 Å². The van der Waals surface area contributed by atoms with Gasteiger partial charge in [-0.1, -0.05) is 18.2 Å². The number of hydrogen-bond donors (Lipinski definition) is 2. The number of pyridine rings is 1. The molecule has 2 N–H and O–H groups in total. The van der Waals surface area contributed by atoms with Gasteiger partial charge in [-0.05, 0) is 43.3 Å². The molecule has 1 aliphatic rings. The molecule has 0 atom stereocenters. The zero-order chi connectivity index (χ0) is 24.6. The number of para-hydroxylation sites is 1. The molecule has 1 aliphatic heterocycles. The second-order valence-corrected chi connectivity index (χ2v) is 8.00. The largest absolute Gasteiger partial charge is 0.492 e. The summed E-state index contributed by atoms with van der Waals surface area (Å²) in [6.45, 7) is 5.72. The molecule has 0 saturated carbocycles. The van der Waals surface area contributed by atoms with E-state index in [4.69, 9.17) is 9.47 Å². The van der Waals surface area contributed by atoms with Crippen molar-refractivity contribution in [3.05, 3.63) is 76.3 Å². The molecule has 1 saturated heterocycles. The number of carbonyl (C=O) groups is 1. The van der Waals surface area contributed by atoms with Crippen LogP contribution in [0.4, 0.5) is 28.7 Å². The summed E-state index contributed by atoms with van der Waals surface area (Å²) < 4.78 is 11.1. The second-order valence-electron chi connectivity index (χ2n) is 8.00. The van der Waals surface area contributed by atoms with Gasteiger partial charge in [0.05, 0.1) is 29.8 Å². The number of morpholine rings is 1. The highest BCUT2D eigenvalue weighted by Gasteiger charge is 2.18. The standard InChI is InChI=1S/C25H27N5O5/c1-18(31)21-8-10-24(28-25(21)26-19-5-3-2-4-6-19)27-22-9-7-20(17-23(22)30(32)33)35-16-13-29-11-14-34-15-12-29/h2-10,17H,11-16H2,1H3,(H2,26,27,28). The number of aromatic nitrogens is 1. The molecule has 10 heteroatoms. The lowest BCUT2D eigenvalue weighted by atomic mass is 10.1. The number of nitrogens with one attached hydrogen (secondary N) is 2. The minimum absolute atomic E-state index is 0.135. The summed E-state index contributed by atoms with van der Waals surface area (Å²) >= 11 is 0. The number of Topliss-reactive ketones (excluding diaryl/α,β-unsaturated/α-hetero) is 1. The predicted octanol–water partition coefficient (Wildman–Crippen LogP) is 4.39. The van der Waals surface area contributed by atoms with Crippen molar-refractivity contribution in [1.29, 1.82) is 0 Å². The Bertz CT molecular complexity index is 1180. The SMILES string of the molecule is CC(=O)c1ccc(Nc2ccc(OCCN3CCOCC3)cc2[N+](=O)[O-])nc1Nc1ccccc1. The van der Waals surface area contributed by atoms with Crippen LogP contribution < -0.4 is 15.4 Å². The van der Waals surface area contributed by atoms with Gasteiger partial charge in [-0.2, -0.15) is 0 Å². The van der Waals surface area contributed by atoms with E-state index < -0.39 is 4.92 Å². The number of hydrogen-bond acceptors (Lipinski definition) is 9. The van der Waals surface area contributed by atoms with Crippen LogP contribution in [-0.4, -0.2) is 60.0 Å². The van der Waals surface area contributed by atoms with Gasteiger partial charge in [-0.3, -0.25) is 19.8 Å². The number of carbonyl (C=O) groups excluding carboxylic acids is 1. The van der Waals surface area contributed by atoms with Crippen molar-refractivity contribution in [2.75, 3.05) is 50.1 Å². The van der Waals surface area contributed by atoms with Crippen LogP contribution in [-0.2, 0) is 4.74 Å². The number of nitro benzene ring substituents is 1. The highest BCUT2D eigenvalue weighted by atomic mass is 16.6. The predicted molar refractivity (Wildman–Crippen MR) is 133 cm³/mol. The van der Waals surface area contributed by atoms with Crippen LogP contribution in [0.2, 0.25) is 0 Å². The lowest BCUT2D eigenvalue weighted by molar-refractivity contribution is -0.384. The first-order valence-electron chi connectivity index (χ1n) is 11.3. The average molecular weight is 478 g/mol. The summed E-state index contributed by atoms with van der Waals surface area (Å²) in [4.78, 5) is 30.1. The first-order chi connectivity index (χ1) is 17.0. The topological polar surface area (TPSA) is 119 Å². The molecule has 0 unspecified atom stereocenters. The fourth-order valence-electron chi connectivity index (χ4n) is 3.68. The van der Waals surface area contributed by atoms with Gasteiger partial charge >= 0.3 is 0 Å². The van der Waals surface area contributed by atoms with Crippen molar-refractivity contribution in [3.63, 3.8) is 0 Å². The Morgan fingerprint density at radius 2 is 1.89 bits per heavy atom. The molecule has 1 aromatic heterocycles. The smallest absolute Gasteiger partial charge is 0.296 e. The van der Waals surface area contributed by atoms with Crippen molar-refractivity contribution in [2.45, 2.75) is 6.92 Å².